The van der Waals surface area contributed by atoms with E-state index in [1.165, 1.54) is 23.9 Å². The molecule has 0 radical (unpaired) electrons. The number of hydrogen-bond donors (Lipinski definition) is 2. The van der Waals surface area contributed by atoms with Gasteiger partial charge in [0.25, 0.3) is 15.9 Å². The van der Waals surface area contributed by atoms with E-state index in [9.17, 15) is 8.42 Å². The number of para-hydroxylation sites is 1. The number of anilines is 1. The third kappa shape index (κ3) is 5.17. The van der Waals surface area contributed by atoms with Gasteiger partial charge in [0.05, 0.1) is 11.5 Å². The number of nitrogens with zero attached hydrogens (tertiary/aromatic N) is 2. The van der Waals surface area contributed by atoms with E-state index < -0.39 is 10.0 Å². The molecule has 0 spiro atoms. The Hall–Kier alpha value is -2.82. The lowest BCUT2D eigenvalue weighted by Gasteiger charge is -2.16. The fraction of sp³-hybridized carbons (Fsp3) is 0.158. The zero-order valence-electron chi connectivity index (χ0n) is 15.5. The van der Waals surface area contributed by atoms with E-state index >= 15 is 0 Å². The maximum absolute atomic E-state index is 12.7. The first-order chi connectivity index (χ1) is 14.0. The van der Waals surface area contributed by atoms with E-state index in [4.69, 9.17) is 14.6 Å². The summed E-state index contributed by atoms with van der Waals surface area (Å²) in [6.45, 7) is -0.279. The fourth-order valence-corrected chi connectivity index (χ4v) is 3.93. The molecule has 0 fully saturated rings. The second kappa shape index (κ2) is 9.59. The Kier molecular flexibility index (Phi) is 6.91. The van der Waals surface area contributed by atoms with Crippen LogP contribution in [0, 0.1) is 0 Å². The number of ether oxygens (including phenoxy) is 2. The number of thioether (sulfide) groups is 1. The van der Waals surface area contributed by atoms with E-state index in [-0.39, 0.29) is 35.6 Å². The molecule has 2 aromatic carbocycles. The molecule has 1 heterocycles. The van der Waals surface area contributed by atoms with Crippen LogP contribution in [0.25, 0.3) is 0 Å². The van der Waals surface area contributed by atoms with Crippen LogP contribution in [0.2, 0.25) is 0 Å². The summed E-state index contributed by atoms with van der Waals surface area (Å²) in [7, 11) is -3.91. The molecule has 0 aliphatic rings. The highest BCUT2D eigenvalue weighted by molar-refractivity contribution is 7.98. The molecule has 0 amide bonds. The van der Waals surface area contributed by atoms with Crippen molar-refractivity contribution in [1.29, 1.82) is 0 Å². The first-order valence-corrected chi connectivity index (χ1v) is 11.2. The summed E-state index contributed by atoms with van der Waals surface area (Å²) < 4.78 is 39.3. The van der Waals surface area contributed by atoms with Gasteiger partial charge in [0.1, 0.15) is 18.7 Å². The maximum atomic E-state index is 12.7. The topological polar surface area (TPSA) is 111 Å². The lowest BCUT2D eigenvalue weighted by atomic mass is 10.3. The van der Waals surface area contributed by atoms with Crippen LogP contribution >= 0.6 is 11.8 Å². The first kappa shape index (κ1) is 20.9. The van der Waals surface area contributed by atoms with Crippen LogP contribution in [-0.4, -0.2) is 43.0 Å². The molecule has 0 saturated heterocycles. The average Bonchev–Trinajstić information content (AvgIpc) is 2.74. The van der Waals surface area contributed by atoms with Gasteiger partial charge in [-0.05, 0) is 30.5 Å². The van der Waals surface area contributed by atoms with Gasteiger partial charge in [0.15, 0.2) is 5.82 Å². The van der Waals surface area contributed by atoms with Gasteiger partial charge >= 0.3 is 0 Å². The molecule has 8 nitrogen and oxygen atoms in total. The molecule has 3 rings (SSSR count). The van der Waals surface area contributed by atoms with Gasteiger partial charge in [0, 0.05) is 4.90 Å². The number of nitrogens with one attached hydrogen (secondary N) is 1. The summed E-state index contributed by atoms with van der Waals surface area (Å²) in [4.78, 5) is 8.96. The van der Waals surface area contributed by atoms with Crippen molar-refractivity contribution in [1.82, 2.24) is 9.97 Å². The van der Waals surface area contributed by atoms with Gasteiger partial charge in [0.2, 0.25) is 5.75 Å². The number of aromatic nitrogens is 2. The number of aliphatic hydroxyl groups excluding tert-OH is 1. The largest absolute Gasteiger partial charge is 0.472 e. The second-order valence-corrected chi connectivity index (χ2v) is 8.13. The van der Waals surface area contributed by atoms with Crippen LogP contribution < -0.4 is 14.2 Å². The smallest absolute Gasteiger partial charge is 0.263 e. The van der Waals surface area contributed by atoms with Crippen molar-refractivity contribution >= 4 is 27.6 Å². The van der Waals surface area contributed by atoms with Gasteiger partial charge in [-0.25, -0.2) is 13.4 Å². The number of rotatable bonds is 9. The monoisotopic (exact) mass is 433 g/mol. The molecule has 2 N–H and O–H groups in total. The van der Waals surface area contributed by atoms with E-state index in [0.717, 1.165) is 11.2 Å². The van der Waals surface area contributed by atoms with Crippen molar-refractivity contribution in [2.75, 3.05) is 24.2 Å². The maximum Gasteiger partial charge on any atom is 0.263 e. The molecule has 10 heteroatoms. The van der Waals surface area contributed by atoms with Crippen LogP contribution in [0.4, 0.5) is 5.82 Å². The molecule has 29 heavy (non-hydrogen) atoms. The van der Waals surface area contributed by atoms with Crippen molar-refractivity contribution in [3.8, 4) is 17.4 Å². The minimum Gasteiger partial charge on any atom is -0.472 e. The van der Waals surface area contributed by atoms with Gasteiger partial charge in [-0.2, -0.15) is 4.98 Å². The van der Waals surface area contributed by atoms with Crippen molar-refractivity contribution < 1.29 is 23.0 Å². The van der Waals surface area contributed by atoms with Crippen LogP contribution in [0.3, 0.4) is 0 Å². The molecule has 0 unspecified atom stereocenters. The second-order valence-electron chi connectivity index (χ2n) is 5.60. The van der Waals surface area contributed by atoms with Gasteiger partial charge in [-0.1, -0.05) is 30.3 Å². The molecule has 3 aromatic rings. The zero-order chi connectivity index (χ0) is 20.7. The molecule has 0 aliphatic heterocycles. The Morgan fingerprint density at radius 2 is 1.79 bits per heavy atom. The lowest BCUT2D eigenvalue weighted by molar-refractivity contribution is 0.192. The van der Waals surface area contributed by atoms with E-state index in [2.05, 4.69) is 14.7 Å². The molecular weight excluding hydrogens is 414 g/mol. The van der Waals surface area contributed by atoms with Crippen LogP contribution in [0.1, 0.15) is 0 Å². The quantitative estimate of drug-likeness (QED) is 0.495. The lowest BCUT2D eigenvalue weighted by Crippen LogP contribution is -2.15. The van der Waals surface area contributed by atoms with E-state index in [1.807, 2.05) is 18.4 Å². The predicted molar refractivity (Wildman–Crippen MR) is 110 cm³/mol. The number of aliphatic hydroxyl groups is 1. The Labute approximate surface area is 173 Å². The molecule has 0 atom stereocenters. The van der Waals surface area contributed by atoms with Crippen LogP contribution in [0.5, 0.6) is 17.4 Å². The molecular formula is C19H19N3O5S2. The van der Waals surface area contributed by atoms with Gasteiger partial charge in [-0.15, -0.1) is 11.8 Å². The summed E-state index contributed by atoms with van der Waals surface area (Å²) >= 11 is 1.47. The Bertz CT molecular complexity index is 1060. The van der Waals surface area contributed by atoms with Crippen molar-refractivity contribution in [2.24, 2.45) is 0 Å². The van der Waals surface area contributed by atoms with E-state index in [0.29, 0.717) is 5.75 Å². The normalized spacial score (nSPS) is 11.1. The molecule has 1 aromatic heterocycles. The summed E-state index contributed by atoms with van der Waals surface area (Å²) in [5.41, 5.74) is 0. The Morgan fingerprint density at radius 1 is 1.07 bits per heavy atom. The third-order valence-corrected chi connectivity index (χ3v) is 5.80. The highest BCUT2D eigenvalue weighted by atomic mass is 32.2. The SMILES string of the molecule is CSc1ccccc1Oc1c(NS(=O)(=O)c2ccccc2)ncnc1OCCO. The zero-order valence-corrected chi connectivity index (χ0v) is 17.1. The minimum atomic E-state index is -3.91. The minimum absolute atomic E-state index is 0.00181. The van der Waals surface area contributed by atoms with Crippen LogP contribution in [-0.2, 0) is 10.0 Å². The van der Waals surface area contributed by atoms with Crippen LogP contribution in [0.15, 0.2) is 70.7 Å². The highest BCUT2D eigenvalue weighted by Gasteiger charge is 2.22. The van der Waals surface area contributed by atoms with Crippen molar-refractivity contribution in [2.45, 2.75) is 9.79 Å². The fourth-order valence-electron chi connectivity index (χ4n) is 2.37. The van der Waals surface area contributed by atoms with Crippen molar-refractivity contribution in [3.63, 3.8) is 0 Å². The van der Waals surface area contributed by atoms with Crippen molar-refractivity contribution in [3.05, 3.63) is 60.9 Å². The third-order valence-electron chi connectivity index (χ3n) is 3.67. The predicted octanol–water partition coefficient (Wildman–Crippen LogP) is 3.16. The first-order valence-electron chi connectivity index (χ1n) is 8.52. The summed E-state index contributed by atoms with van der Waals surface area (Å²) in [5.74, 6) is 0.425. The molecule has 0 bridgehead atoms. The summed E-state index contributed by atoms with van der Waals surface area (Å²) in [6, 6.07) is 15.2. The Balaban J connectivity index is 2.02. The van der Waals surface area contributed by atoms with Gasteiger partial charge < -0.3 is 14.6 Å². The number of hydrogen-bond acceptors (Lipinski definition) is 8. The van der Waals surface area contributed by atoms with Gasteiger partial charge in [-0.3, -0.25) is 4.72 Å². The Morgan fingerprint density at radius 3 is 2.52 bits per heavy atom. The number of sulfonamides is 1. The molecule has 0 aliphatic carbocycles. The highest BCUT2D eigenvalue weighted by Crippen LogP contribution is 2.39. The molecule has 152 valence electrons. The average molecular weight is 434 g/mol. The summed E-state index contributed by atoms with van der Waals surface area (Å²) in [6.07, 6.45) is 3.05. The number of benzene rings is 2. The standard InChI is InChI=1S/C19H19N3O5S2/c1-28-16-10-6-5-9-15(16)27-17-18(20-13-21-19(17)26-12-11-23)22-29(24,25)14-7-3-2-4-8-14/h2-10,13,23H,11-12H2,1H3,(H,20,21,22). The van der Waals surface area contributed by atoms with E-state index in [1.54, 1.807) is 30.3 Å². The molecule has 0 saturated carbocycles. The summed E-state index contributed by atoms with van der Waals surface area (Å²) in [5, 5.41) is 9.07.